The fourth-order valence-electron chi connectivity index (χ4n) is 3.66. The molecule has 7 nitrogen and oxygen atoms in total. The second-order valence-corrected chi connectivity index (χ2v) is 9.07. The van der Waals surface area contributed by atoms with E-state index >= 15 is 0 Å². The predicted molar refractivity (Wildman–Crippen MR) is 123 cm³/mol. The summed E-state index contributed by atoms with van der Waals surface area (Å²) in [6.45, 7) is 6.33. The average Bonchev–Trinajstić information content (AvgIpc) is 3.21. The quantitative estimate of drug-likeness (QED) is 0.413. The van der Waals surface area contributed by atoms with E-state index in [1.807, 2.05) is 20.8 Å². The van der Waals surface area contributed by atoms with Gasteiger partial charge in [0.25, 0.3) is 0 Å². The Balaban J connectivity index is 1.76. The van der Waals surface area contributed by atoms with Crippen molar-refractivity contribution >= 4 is 5.97 Å². The fraction of sp³-hybridized carbons (Fsp3) is 0.400. The molecule has 3 aromatic rings. The van der Waals surface area contributed by atoms with Gasteiger partial charge in [0.05, 0.1) is 31.4 Å². The third-order valence-corrected chi connectivity index (χ3v) is 5.27. The number of aliphatic carboxylic acids is 1. The lowest BCUT2D eigenvalue weighted by atomic mass is 9.88. The SMILES string of the molecule is COc1cccc(CC(=O)O)c1OCCCc1cn(-c2ccc(C(F)(F)F)cn2)nc1C(C)(C)C. The Hall–Kier alpha value is -3.56. The van der Waals surface area contributed by atoms with Gasteiger partial charge in [-0.2, -0.15) is 18.3 Å². The lowest BCUT2D eigenvalue weighted by Gasteiger charge is -2.18. The van der Waals surface area contributed by atoms with Crippen molar-refractivity contribution in [1.82, 2.24) is 14.8 Å². The zero-order valence-corrected chi connectivity index (χ0v) is 20.0. The van der Waals surface area contributed by atoms with Crippen molar-refractivity contribution in [3.05, 3.63) is 65.1 Å². The van der Waals surface area contributed by atoms with Crippen molar-refractivity contribution < 1.29 is 32.5 Å². The number of aryl methyl sites for hydroxylation is 1. The van der Waals surface area contributed by atoms with Crippen LogP contribution in [0.15, 0.2) is 42.7 Å². The summed E-state index contributed by atoms with van der Waals surface area (Å²) in [5.74, 6) is 0.180. The summed E-state index contributed by atoms with van der Waals surface area (Å²) in [7, 11) is 1.49. The summed E-state index contributed by atoms with van der Waals surface area (Å²) in [4.78, 5) is 15.1. The molecule has 10 heteroatoms. The van der Waals surface area contributed by atoms with Crippen molar-refractivity contribution in [2.24, 2.45) is 0 Å². The smallest absolute Gasteiger partial charge is 0.417 e. The molecular formula is C25H28F3N3O4. The minimum absolute atomic E-state index is 0.187. The van der Waals surface area contributed by atoms with Crippen LogP contribution in [0.2, 0.25) is 0 Å². The van der Waals surface area contributed by atoms with Crippen molar-refractivity contribution in [2.75, 3.05) is 13.7 Å². The molecule has 0 aliphatic carbocycles. The molecule has 2 heterocycles. The Labute approximate surface area is 201 Å². The number of para-hydroxylation sites is 1. The van der Waals surface area contributed by atoms with E-state index in [1.165, 1.54) is 17.9 Å². The lowest BCUT2D eigenvalue weighted by molar-refractivity contribution is -0.138. The number of benzene rings is 1. The maximum absolute atomic E-state index is 12.9. The van der Waals surface area contributed by atoms with Crippen LogP contribution >= 0.6 is 0 Å². The maximum Gasteiger partial charge on any atom is 0.417 e. The third-order valence-electron chi connectivity index (χ3n) is 5.27. The summed E-state index contributed by atoms with van der Waals surface area (Å²) in [6, 6.07) is 7.38. The number of carbonyl (C=O) groups is 1. The van der Waals surface area contributed by atoms with Crippen molar-refractivity contribution in [1.29, 1.82) is 0 Å². The van der Waals surface area contributed by atoms with Gasteiger partial charge in [-0.1, -0.05) is 32.9 Å². The molecule has 0 aliphatic rings. The number of carboxylic acid groups (broad SMARTS) is 1. The van der Waals surface area contributed by atoms with Gasteiger partial charge in [-0.05, 0) is 36.6 Å². The van der Waals surface area contributed by atoms with Crippen LogP contribution in [0, 0.1) is 0 Å². The Morgan fingerprint density at radius 1 is 1.11 bits per heavy atom. The van der Waals surface area contributed by atoms with Gasteiger partial charge in [0, 0.05) is 23.4 Å². The number of pyridine rings is 1. The number of alkyl halides is 3. The molecule has 188 valence electrons. The molecule has 0 fully saturated rings. The molecule has 0 amide bonds. The van der Waals surface area contributed by atoms with Crippen molar-refractivity contribution in [3.63, 3.8) is 0 Å². The van der Waals surface area contributed by atoms with Crippen LogP contribution in [0.25, 0.3) is 5.82 Å². The molecule has 35 heavy (non-hydrogen) atoms. The number of hydrogen-bond donors (Lipinski definition) is 1. The first-order valence-corrected chi connectivity index (χ1v) is 11.0. The van der Waals surface area contributed by atoms with E-state index < -0.39 is 17.7 Å². The number of ether oxygens (including phenoxy) is 2. The molecule has 1 N–H and O–H groups in total. The highest BCUT2D eigenvalue weighted by atomic mass is 19.4. The van der Waals surface area contributed by atoms with Crippen LogP contribution in [0.1, 0.15) is 49.6 Å². The van der Waals surface area contributed by atoms with Gasteiger partial charge in [-0.25, -0.2) is 9.67 Å². The number of methoxy groups -OCH3 is 1. The molecule has 0 aliphatic heterocycles. The molecule has 0 saturated carbocycles. The van der Waals surface area contributed by atoms with Crippen LogP contribution in [0.4, 0.5) is 13.2 Å². The first-order chi connectivity index (χ1) is 16.4. The predicted octanol–water partition coefficient (Wildman–Crippen LogP) is 5.23. The number of nitrogens with zero attached hydrogens (tertiary/aromatic N) is 3. The summed E-state index contributed by atoms with van der Waals surface area (Å²) >= 11 is 0. The van der Waals surface area contributed by atoms with Gasteiger partial charge in [0.15, 0.2) is 17.3 Å². The molecule has 0 atom stereocenters. The van der Waals surface area contributed by atoms with Gasteiger partial charge in [0.2, 0.25) is 0 Å². The lowest BCUT2D eigenvalue weighted by Crippen LogP contribution is -2.15. The zero-order chi connectivity index (χ0) is 25.8. The highest BCUT2D eigenvalue weighted by Crippen LogP contribution is 2.32. The van der Waals surface area contributed by atoms with E-state index in [2.05, 4.69) is 10.1 Å². The molecule has 0 spiro atoms. The topological polar surface area (TPSA) is 86.5 Å². The van der Waals surface area contributed by atoms with Crippen LogP contribution < -0.4 is 9.47 Å². The van der Waals surface area contributed by atoms with Gasteiger partial charge in [0.1, 0.15) is 0 Å². The van der Waals surface area contributed by atoms with Gasteiger partial charge in [-0.3, -0.25) is 4.79 Å². The molecule has 2 aromatic heterocycles. The minimum atomic E-state index is -4.46. The van der Waals surface area contributed by atoms with Crippen LogP contribution in [-0.4, -0.2) is 39.6 Å². The summed E-state index contributed by atoms with van der Waals surface area (Å²) in [5.41, 5.74) is 1.13. The molecule has 0 unspecified atom stereocenters. The number of carboxylic acids is 1. The molecule has 0 saturated heterocycles. The first-order valence-electron chi connectivity index (χ1n) is 11.0. The Morgan fingerprint density at radius 2 is 1.86 bits per heavy atom. The van der Waals surface area contributed by atoms with Gasteiger partial charge >= 0.3 is 12.1 Å². The van der Waals surface area contributed by atoms with Crippen molar-refractivity contribution in [2.45, 2.75) is 51.6 Å². The summed E-state index contributed by atoms with van der Waals surface area (Å²) in [6.07, 6.45) is -0.883. The van der Waals surface area contributed by atoms with Crippen LogP contribution in [0.3, 0.4) is 0 Å². The second-order valence-electron chi connectivity index (χ2n) is 9.07. The summed E-state index contributed by atoms with van der Waals surface area (Å²) in [5, 5.41) is 13.8. The summed E-state index contributed by atoms with van der Waals surface area (Å²) < 4.78 is 51.3. The number of aromatic nitrogens is 3. The largest absolute Gasteiger partial charge is 0.493 e. The zero-order valence-electron chi connectivity index (χ0n) is 20.0. The Bertz CT molecular complexity index is 1170. The standard InChI is InChI=1S/C25H28F3N3O4/c1-24(2,3)23-17(15-31(30-23)20-11-10-18(14-29-20)25(26,27)28)8-6-12-35-22-16(13-21(32)33)7-5-9-19(22)34-4/h5,7,9-11,14-15H,6,8,12-13H2,1-4H3,(H,32,33). The molecule has 0 radical (unpaired) electrons. The van der Waals surface area contributed by atoms with E-state index in [1.54, 1.807) is 24.4 Å². The number of halogens is 3. The normalized spacial score (nSPS) is 12.0. The molecular weight excluding hydrogens is 463 g/mol. The molecule has 3 rings (SSSR count). The number of rotatable bonds is 9. The van der Waals surface area contributed by atoms with Crippen LogP contribution in [0.5, 0.6) is 11.5 Å². The highest BCUT2D eigenvalue weighted by Gasteiger charge is 2.31. The van der Waals surface area contributed by atoms with E-state index in [-0.39, 0.29) is 11.8 Å². The first kappa shape index (κ1) is 26.1. The minimum Gasteiger partial charge on any atom is -0.493 e. The van der Waals surface area contributed by atoms with Crippen LogP contribution in [-0.2, 0) is 29.2 Å². The van der Waals surface area contributed by atoms with E-state index in [4.69, 9.17) is 14.6 Å². The van der Waals surface area contributed by atoms with E-state index in [0.29, 0.717) is 42.3 Å². The third kappa shape index (κ3) is 6.52. The number of hydrogen-bond acceptors (Lipinski definition) is 5. The highest BCUT2D eigenvalue weighted by molar-refractivity contribution is 5.72. The van der Waals surface area contributed by atoms with Crippen molar-refractivity contribution in [3.8, 4) is 17.3 Å². The second kappa shape index (κ2) is 10.4. The Morgan fingerprint density at radius 3 is 2.43 bits per heavy atom. The fourth-order valence-corrected chi connectivity index (χ4v) is 3.66. The molecule has 1 aromatic carbocycles. The van der Waals surface area contributed by atoms with E-state index in [0.717, 1.165) is 23.5 Å². The Kier molecular flexibility index (Phi) is 7.72. The molecule has 0 bridgehead atoms. The maximum atomic E-state index is 12.9. The average molecular weight is 492 g/mol. The van der Waals surface area contributed by atoms with Gasteiger partial charge in [-0.15, -0.1) is 0 Å². The van der Waals surface area contributed by atoms with E-state index in [9.17, 15) is 18.0 Å². The monoisotopic (exact) mass is 491 g/mol. The van der Waals surface area contributed by atoms with Gasteiger partial charge < -0.3 is 14.6 Å².